The topological polar surface area (TPSA) is 84.0 Å². The van der Waals surface area contributed by atoms with Gasteiger partial charge in [-0.2, -0.15) is 0 Å². The molecule has 6 nitrogen and oxygen atoms in total. The lowest BCUT2D eigenvalue weighted by Crippen LogP contribution is -2.79. The molecule has 236 valence electrons. The zero-order chi connectivity index (χ0) is 30.9. The van der Waals surface area contributed by atoms with Crippen molar-refractivity contribution in [3.05, 3.63) is 83.0 Å². The number of rotatable bonds is 4. The molecule has 0 bridgehead atoms. The first-order valence-electron chi connectivity index (χ1n) is 13.9. The number of anilines is 2. The van der Waals surface area contributed by atoms with Crippen LogP contribution in [0.25, 0.3) is 0 Å². The Bertz CT molecular complexity index is 1610. The zero-order valence-electron chi connectivity index (χ0n) is 23.2. The van der Waals surface area contributed by atoms with E-state index >= 15 is 0 Å². The number of fused-ring (bicyclic) bond motifs is 4. The summed E-state index contributed by atoms with van der Waals surface area (Å²) in [5, 5.41) is 5.88. The molecule has 6 aliphatic heterocycles. The zero-order valence-corrected chi connectivity index (χ0v) is 33.0. The van der Waals surface area contributed by atoms with E-state index in [0.29, 0.717) is 11.4 Å². The standard InChI is InChI=1S/C28H20N4O2S12/c33-25(31-13-3-1-5-29-11-13)27-23(43-21(45-27)19-39-15-16(40-19)36-8-7-35-15)28(26(34)32-14-4-2-6-30-12-14)24(27)44-22(46-28)20-41-17-18(42-20)38-10-9-37-17/h1-6,11-12,23-24H,7-10H2,(H,31,33)(H,32,34). The minimum atomic E-state index is -0.843. The second kappa shape index (κ2) is 13.2. The molecule has 8 heterocycles. The molecule has 2 aromatic rings. The fourth-order valence-corrected chi connectivity index (χ4v) is 26.7. The summed E-state index contributed by atoms with van der Waals surface area (Å²) >= 11 is 21.9. The SMILES string of the molecule is O=C(Nc1cccnc1)C12SC(=C3SC4=C(SCCS4)S3)SC1C1(C(=O)Nc3cccnc3)SC(=C3SC4=C(SCCS4)S3)SC21. The number of carbonyl (C=O) groups is 2. The average molecular weight is 829 g/mol. The summed E-state index contributed by atoms with van der Waals surface area (Å²) in [6.07, 6.45) is 6.79. The highest BCUT2D eigenvalue weighted by atomic mass is 32.3. The van der Waals surface area contributed by atoms with Gasteiger partial charge >= 0.3 is 0 Å². The number of pyridine rings is 2. The molecule has 0 atom stereocenters. The number of thioether (sulfide) groups is 12. The van der Waals surface area contributed by atoms with Gasteiger partial charge in [0.15, 0.2) is 0 Å². The van der Waals surface area contributed by atoms with Gasteiger partial charge in [0.25, 0.3) is 0 Å². The van der Waals surface area contributed by atoms with E-state index in [1.807, 2.05) is 118 Å². The molecule has 3 fully saturated rings. The van der Waals surface area contributed by atoms with Crippen molar-refractivity contribution >= 4 is 164 Å². The Morgan fingerprint density at radius 2 is 0.978 bits per heavy atom. The lowest BCUT2D eigenvalue weighted by atomic mass is 9.70. The van der Waals surface area contributed by atoms with Crippen LogP contribution in [-0.4, -0.2) is 64.8 Å². The summed E-state index contributed by atoms with van der Waals surface area (Å²) in [6, 6.07) is 7.42. The Balaban J connectivity index is 1.12. The van der Waals surface area contributed by atoms with Crippen LogP contribution < -0.4 is 10.6 Å². The van der Waals surface area contributed by atoms with Crippen LogP contribution in [0.4, 0.5) is 11.4 Å². The molecule has 2 amide bonds. The molecule has 7 aliphatic rings. The Morgan fingerprint density at radius 3 is 1.33 bits per heavy atom. The number of amides is 2. The van der Waals surface area contributed by atoms with Crippen LogP contribution in [0.2, 0.25) is 0 Å². The van der Waals surface area contributed by atoms with E-state index in [4.69, 9.17) is 0 Å². The molecule has 2 aromatic heterocycles. The minimum absolute atomic E-state index is 0.0579. The van der Waals surface area contributed by atoms with Crippen molar-refractivity contribution in [3.63, 3.8) is 0 Å². The summed E-state index contributed by atoms with van der Waals surface area (Å²) in [5.41, 5.74) is 1.34. The monoisotopic (exact) mass is 828 g/mol. The van der Waals surface area contributed by atoms with Gasteiger partial charge in [0.1, 0.15) is 9.49 Å². The van der Waals surface area contributed by atoms with E-state index in [9.17, 15) is 9.59 Å². The summed E-state index contributed by atoms with van der Waals surface area (Å²) in [7, 11) is 0. The third kappa shape index (κ3) is 5.40. The van der Waals surface area contributed by atoms with E-state index in [2.05, 4.69) is 20.6 Å². The van der Waals surface area contributed by atoms with Gasteiger partial charge in [0.05, 0.1) is 68.2 Å². The Kier molecular flexibility index (Phi) is 9.26. The van der Waals surface area contributed by atoms with Gasteiger partial charge in [-0.1, -0.05) is 70.6 Å². The van der Waals surface area contributed by atoms with Gasteiger partial charge in [-0.3, -0.25) is 19.6 Å². The van der Waals surface area contributed by atoms with Crippen LogP contribution >= 0.6 is 141 Å². The molecular weight excluding hydrogens is 809 g/mol. The van der Waals surface area contributed by atoms with Crippen LogP contribution in [0, 0.1) is 0 Å². The van der Waals surface area contributed by atoms with Gasteiger partial charge in [0.2, 0.25) is 11.8 Å². The maximum absolute atomic E-state index is 14.7. The fraction of sp³-hybridized carbons (Fsp3) is 0.286. The van der Waals surface area contributed by atoms with E-state index in [1.165, 1.54) is 25.4 Å². The highest BCUT2D eigenvalue weighted by molar-refractivity contribution is 8.44. The maximum atomic E-state index is 14.7. The first kappa shape index (κ1) is 32.3. The Labute approximate surface area is 317 Å². The molecule has 2 saturated heterocycles. The van der Waals surface area contributed by atoms with Crippen LogP contribution in [0.3, 0.4) is 0 Å². The second-order valence-electron chi connectivity index (χ2n) is 10.3. The van der Waals surface area contributed by atoms with Crippen molar-refractivity contribution in [1.29, 1.82) is 0 Å². The first-order chi connectivity index (χ1) is 22.5. The van der Waals surface area contributed by atoms with Crippen molar-refractivity contribution < 1.29 is 9.59 Å². The smallest absolute Gasteiger partial charge is 0.243 e. The van der Waals surface area contributed by atoms with Crippen LogP contribution in [0.15, 0.2) is 83.0 Å². The molecule has 0 radical (unpaired) electrons. The Morgan fingerprint density at radius 1 is 0.587 bits per heavy atom. The summed E-state index contributed by atoms with van der Waals surface area (Å²) < 4.78 is 8.62. The number of aromatic nitrogens is 2. The highest BCUT2D eigenvalue weighted by Crippen LogP contribution is 2.82. The molecule has 0 unspecified atom stereocenters. The van der Waals surface area contributed by atoms with E-state index in [-0.39, 0.29) is 22.3 Å². The molecule has 9 rings (SSSR count). The first-order valence-corrected chi connectivity index (χ1v) is 24.5. The number of nitrogens with zero attached hydrogens (tertiary/aromatic N) is 2. The van der Waals surface area contributed by atoms with Crippen LogP contribution in [0.5, 0.6) is 0 Å². The molecule has 1 aliphatic carbocycles. The quantitative estimate of drug-likeness (QED) is 0.307. The van der Waals surface area contributed by atoms with Crippen LogP contribution in [-0.2, 0) is 9.59 Å². The van der Waals surface area contributed by atoms with Gasteiger partial charge in [-0.15, -0.1) is 70.6 Å². The molecular formula is C28H20N4O2S12. The largest absolute Gasteiger partial charge is 0.323 e. The molecule has 46 heavy (non-hydrogen) atoms. The normalized spacial score (nSPS) is 31.4. The third-order valence-corrected chi connectivity index (χ3v) is 27.4. The average Bonchev–Trinajstić information content (AvgIpc) is 3.86. The predicted molar refractivity (Wildman–Crippen MR) is 217 cm³/mol. The number of hydrogen-bond acceptors (Lipinski definition) is 16. The summed E-state index contributed by atoms with van der Waals surface area (Å²) in [6.45, 7) is 0. The molecule has 2 N–H and O–H groups in total. The van der Waals surface area contributed by atoms with Gasteiger partial charge in [-0.05, 0) is 24.3 Å². The van der Waals surface area contributed by atoms with E-state index < -0.39 is 9.49 Å². The van der Waals surface area contributed by atoms with Gasteiger partial charge in [0, 0.05) is 35.4 Å². The predicted octanol–water partition coefficient (Wildman–Crippen LogP) is 9.67. The van der Waals surface area contributed by atoms with Crippen molar-refractivity contribution in [2.24, 2.45) is 0 Å². The Hall–Kier alpha value is 0.400. The molecule has 0 spiro atoms. The van der Waals surface area contributed by atoms with E-state index in [1.54, 1.807) is 71.8 Å². The van der Waals surface area contributed by atoms with Crippen molar-refractivity contribution in [3.8, 4) is 0 Å². The van der Waals surface area contributed by atoms with Crippen molar-refractivity contribution in [2.45, 2.75) is 20.0 Å². The second-order valence-corrected chi connectivity index (χ2v) is 25.7. The summed E-state index contributed by atoms with van der Waals surface area (Å²) in [4.78, 5) is 37.8. The third-order valence-electron chi connectivity index (χ3n) is 7.59. The van der Waals surface area contributed by atoms with Gasteiger partial charge < -0.3 is 10.6 Å². The molecule has 18 heteroatoms. The maximum Gasteiger partial charge on any atom is 0.243 e. The lowest BCUT2D eigenvalue weighted by molar-refractivity contribution is -0.124. The minimum Gasteiger partial charge on any atom is -0.323 e. The lowest BCUT2D eigenvalue weighted by Gasteiger charge is -2.57. The van der Waals surface area contributed by atoms with Crippen LogP contribution in [0.1, 0.15) is 0 Å². The number of nitrogens with one attached hydrogen (secondary N) is 2. The summed E-state index contributed by atoms with van der Waals surface area (Å²) in [5.74, 6) is 4.37. The molecule has 1 saturated carbocycles. The number of carbonyl (C=O) groups excluding carboxylic acids is 2. The van der Waals surface area contributed by atoms with Crippen molar-refractivity contribution in [2.75, 3.05) is 33.6 Å². The fourth-order valence-electron chi connectivity index (χ4n) is 5.63. The molecule has 0 aromatic carbocycles. The van der Waals surface area contributed by atoms with Gasteiger partial charge in [-0.25, -0.2) is 0 Å². The number of hydrogen-bond donors (Lipinski definition) is 2. The van der Waals surface area contributed by atoms with Crippen molar-refractivity contribution in [1.82, 2.24) is 9.97 Å². The van der Waals surface area contributed by atoms with E-state index in [0.717, 1.165) is 31.5 Å². The highest BCUT2D eigenvalue weighted by Gasteiger charge is 2.84.